The number of para-hydroxylation sites is 1. The summed E-state index contributed by atoms with van der Waals surface area (Å²) in [6, 6.07) is 13.6. The highest BCUT2D eigenvalue weighted by Crippen LogP contribution is 2.26. The van der Waals surface area contributed by atoms with Gasteiger partial charge in [0.15, 0.2) is 16.8 Å². The van der Waals surface area contributed by atoms with Crippen LogP contribution in [0.3, 0.4) is 0 Å². The first-order chi connectivity index (χ1) is 13.6. The summed E-state index contributed by atoms with van der Waals surface area (Å²) in [5, 5.41) is 9.01. The van der Waals surface area contributed by atoms with Crippen molar-refractivity contribution in [1.82, 2.24) is 14.8 Å². The van der Waals surface area contributed by atoms with Crippen LogP contribution in [-0.4, -0.2) is 32.9 Å². The lowest BCUT2D eigenvalue weighted by molar-refractivity contribution is 0.101. The summed E-state index contributed by atoms with van der Waals surface area (Å²) in [6.07, 6.45) is 1.72. The van der Waals surface area contributed by atoms with E-state index in [-0.39, 0.29) is 11.6 Å². The lowest BCUT2D eigenvalue weighted by Crippen LogP contribution is -2.06. The topological polar surface area (TPSA) is 57.0 Å². The summed E-state index contributed by atoms with van der Waals surface area (Å²) in [7, 11) is 0. The number of nitrogens with zero attached hydrogens (tertiary/aromatic N) is 3. The molecule has 0 aliphatic rings. The molecule has 3 aromatic rings. The van der Waals surface area contributed by atoms with E-state index in [1.807, 2.05) is 10.6 Å². The number of ether oxygens (including phenoxy) is 1. The van der Waals surface area contributed by atoms with E-state index in [9.17, 15) is 9.18 Å². The smallest absolute Gasteiger partial charge is 0.191 e. The molecule has 3 rings (SSSR count). The Morgan fingerprint density at radius 1 is 1.21 bits per heavy atom. The van der Waals surface area contributed by atoms with Crippen molar-refractivity contribution in [3.8, 4) is 17.1 Å². The van der Waals surface area contributed by atoms with Gasteiger partial charge in [-0.3, -0.25) is 9.36 Å². The van der Waals surface area contributed by atoms with E-state index < -0.39 is 0 Å². The third-order valence-corrected chi connectivity index (χ3v) is 4.91. The number of carbonyl (C=O) groups excluding carboxylic acids is 1. The van der Waals surface area contributed by atoms with Crippen LogP contribution in [0.15, 0.2) is 66.3 Å². The van der Waals surface area contributed by atoms with Gasteiger partial charge in [-0.1, -0.05) is 42.1 Å². The number of aromatic nitrogens is 3. The molecule has 7 heteroatoms. The van der Waals surface area contributed by atoms with E-state index in [2.05, 4.69) is 16.8 Å². The Morgan fingerprint density at radius 2 is 1.96 bits per heavy atom. The molecule has 0 N–H and O–H groups in total. The maximum Gasteiger partial charge on any atom is 0.191 e. The minimum Gasteiger partial charge on any atom is -0.492 e. The number of hydrogen-bond donors (Lipinski definition) is 0. The molecular formula is C21H20FN3O2S. The minimum absolute atomic E-state index is 0.0384. The van der Waals surface area contributed by atoms with E-state index >= 15 is 0 Å². The molecule has 0 bridgehead atoms. The van der Waals surface area contributed by atoms with E-state index in [1.54, 1.807) is 42.5 Å². The Morgan fingerprint density at radius 3 is 2.71 bits per heavy atom. The van der Waals surface area contributed by atoms with Gasteiger partial charge in [0.2, 0.25) is 0 Å². The predicted molar refractivity (Wildman–Crippen MR) is 108 cm³/mol. The monoisotopic (exact) mass is 397 g/mol. The third-order valence-electron chi connectivity index (χ3n) is 3.98. The molecule has 1 heterocycles. The molecular weight excluding hydrogens is 377 g/mol. The number of allylic oxidation sites excluding steroid dienone is 1. The summed E-state index contributed by atoms with van der Waals surface area (Å²) in [5.74, 6) is 1.24. The number of hydrogen-bond acceptors (Lipinski definition) is 5. The molecule has 0 saturated heterocycles. The fourth-order valence-electron chi connectivity index (χ4n) is 2.70. The van der Waals surface area contributed by atoms with Crippen molar-refractivity contribution in [2.24, 2.45) is 0 Å². The number of halogens is 1. The minimum atomic E-state index is -0.346. The molecule has 5 nitrogen and oxygen atoms in total. The molecule has 0 unspecified atom stereocenters. The second kappa shape index (κ2) is 9.32. The van der Waals surface area contributed by atoms with Crippen LogP contribution < -0.4 is 4.74 Å². The number of Topliss-reactive ketones (excluding diaryl/α,β-unsaturated/α-hetero) is 1. The average Bonchev–Trinajstić information content (AvgIpc) is 3.08. The number of thioether (sulfide) groups is 1. The largest absolute Gasteiger partial charge is 0.492 e. The zero-order valence-corrected chi connectivity index (χ0v) is 16.3. The van der Waals surface area contributed by atoms with Gasteiger partial charge >= 0.3 is 0 Å². The fraction of sp³-hybridized carbons (Fsp3) is 0.190. The van der Waals surface area contributed by atoms with Crippen molar-refractivity contribution in [2.45, 2.75) is 18.6 Å². The molecule has 28 heavy (non-hydrogen) atoms. The zero-order valence-electron chi connectivity index (χ0n) is 15.5. The Balaban J connectivity index is 1.69. The van der Waals surface area contributed by atoms with Crippen LogP contribution in [0.2, 0.25) is 0 Å². The van der Waals surface area contributed by atoms with Crippen LogP contribution in [-0.2, 0) is 6.54 Å². The first-order valence-electron chi connectivity index (χ1n) is 8.76. The Kier molecular flexibility index (Phi) is 6.60. The third kappa shape index (κ3) is 4.48. The lowest BCUT2D eigenvalue weighted by atomic mass is 10.1. The average molecular weight is 397 g/mol. The van der Waals surface area contributed by atoms with Crippen molar-refractivity contribution >= 4 is 17.5 Å². The van der Waals surface area contributed by atoms with Gasteiger partial charge in [-0.05, 0) is 31.2 Å². The normalized spacial score (nSPS) is 10.6. The molecule has 1 aromatic heterocycles. The zero-order chi connectivity index (χ0) is 19.9. The number of benzene rings is 2. The van der Waals surface area contributed by atoms with Gasteiger partial charge in [-0.25, -0.2) is 4.39 Å². The van der Waals surface area contributed by atoms with E-state index in [0.29, 0.717) is 46.8 Å². The lowest BCUT2D eigenvalue weighted by Gasteiger charge is -2.10. The van der Waals surface area contributed by atoms with Crippen LogP contribution in [0.4, 0.5) is 4.39 Å². The molecule has 0 saturated carbocycles. The van der Waals surface area contributed by atoms with Crippen molar-refractivity contribution in [3.63, 3.8) is 0 Å². The molecule has 144 valence electrons. The highest BCUT2D eigenvalue weighted by atomic mass is 32.2. The van der Waals surface area contributed by atoms with E-state index in [4.69, 9.17) is 4.74 Å². The molecule has 0 aliphatic heterocycles. The summed E-state index contributed by atoms with van der Waals surface area (Å²) in [6.45, 7) is 6.13. The number of ketones is 1. The van der Waals surface area contributed by atoms with Crippen molar-refractivity contribution in [3.05, 3.63) is 72.6 Å². The van der Waals surface area contributed by atoms with Gasteiger partial charge in [0.1, 0.15) is 11.6 Å². The van der Waals surface area contributed by atoms with Crippen LogP contribution >= 0.6 is 11.8 Å². The van der Waals surface area contributed by atoms with Gasteiger partial charge in [0, 0.05) is 12.3 Å². The van der Waals surface area contributed by atoms with Gasteiger partial charge in [-0.2, -0.15) is 0 Å². The summed E-state index contributed by atoms with van der Waals surface area (Å²) in [4.78, 5) is 11.7. The summed E-state index contributed by atoms with van der Waals surface area (Å²) in [5.41, 5.74) is 0.958. The van der Waals surface area contributed by atoms with Crippen LogP contribution in [0.25, 0.3) is 11.4 Å². The number of rotatable bonds is 9. The quantitative estimate of drug-likeness (QED) is 0.228. The first-order valence-corrected chi connectivity index (χ1v) is 9.75. The standard InChI is InChI=1S/C21H20FN3O2S/c1-3-12-25-20(17-9-4-6-10-18(17)22)23-24-21(25)28-14-13-27-19-11-7-5-8-16(19)15(2)26/h3-11H,1,12-14H2,2H3. The molecule has 0 fully saturated rings. The molecule has 0 spiro atoms. The van der Waals surface area contributed by atoms with Gasteiger partial charge < -0.3 is 4.74 Å². The van der Waals surface area contributed by atoms with Crippen LogP contribution in [0.1, 0.15) is 17.3 Å². The van der Waals surface area contributed by atoms with Crippen LogP contribution in [0, 0.1) is 5.82 Å². The highest BCUT2D eigenvalue weighted by Gasteiger charge is 2.16. The van der Waals surface area contributed by atoms with Crippen molar-refractivity contribution in [2.75, 3.05) is 12.4 Å². The first kappa shape index (κ1) is 19.8. The highest BCUT2D eigenvalue weighted by molar-refractivity contribution is 7.99. The Labute approximate surface area is 167 Å². The van der Waals surface area contributed by atoms with E-state index in [1.165, 1.54) is 24.8 Å². The molecule has 0 aliphatic carbocycles. The van der Waals surface area contributed by atoms with E-state index in [0.717, 1.165) is 0 Å². The van der Waals surface area contributed by atoms with Crippen molar-refractivity contribution < 1.29 is 13.9 Å². The van der Waals surface area contributed by atoms with Crippen molar-refractivity contribution in [1.29, 1.82) is 0 Å². The molecule has 0 amide bonds. The molecule has 0 radical (unpaired) electrons. The van der Waals surface area contributed by atoms with Gasteiger partial charge in [0.25, 0.3) is 0 Å². The summed E-state index contributed by atoms with van der Waals surface area (Å²) >= 11 is 1.45. The van der Waals surface area contributed by atoms with Gasteiger partial charge in [0.05, 0.1) is 17.7 Å². The molecule has 2 aromatic carbocycles. The maximum atomic E-state index is 14.1. The Bertz CT molecular complexity index is 987. The second-order valence-electron chi connectivity index (χ2n) is 5.93. The number of carbonyl (C=O) groups is 1. The summed E-state index contributed by atoms with van der Waals surface area (Å²) < 4.78 is 21.7. The molecule has 0 atom stereocenters. The predicted octanol–water partition coefficient (Wildman–Crippen LogP) is 4.64. The van der Waals surface area contributed by atoms with Crippen LogP contribution in [0.5, 0.6) is 5.75 Å². The second-order valence-corrected chi connectivity index (χ2v) is 7.00. The SMILES string of the molecule is C=CCn1c(SCCOc2ccccc2C(C)=O)nnc1-c1ccccc1F. The Hall–Kier alpha value is -2.93. The van der Waals surface area contributed by atoms with Gasteiger partial charge in [-0.15, -0.1) is 16.8 Å². The maximum absolute atomic E-state index is 14.1. The fourth-order valence-corrected chi connectivity index (χ4v) is 3.46.